The maximum Gasteiger partial charge on any atom is 0.157 e. The Morgan fingerprint density at radius 2 is 2.00 bits per heavy atom. The molecule has 2 aliphatic heterocycles. The predicted octanol–water partition coefficient (Wildman–Crippen LogP) is 1.34. The van der Waals surface area contributed by atoms with E-state index in [9.17, 15) is 8.42 Å². The molecule has 1 aromatic rings. The highest BCUT2D eigenvalue weighted by Gasteiger charge is 2.47. The van der Waals surface area contributed by atoms with Gasteiger partial charge in [-0.3, -0.25) is 5.41 Å². The lowest BCUT2D eigenvalue weighted by atomic mass is 10.1. The summed E-state index contributed by atoms with van der Waals surface area (Å²) in [6.07, 6.45) is 0. The van der Waals surface area contributed by atoms with Crippen LogP contribution in [0.1, 0.15) is 5.56 Å². The Kier molecular flexibility index (Phi) is 2.86. The van der Waals surface area contributed by atoms with Gasteiger partial charge >= 0.3 is 0 Å². The van der Waals surface area contributed by atoms with Crippen LogP contribution in [0.4, 0.5) is 0 Å². The largest absolute Gasteiger partial charge is 0.342 e. The van der Waals surface area contributed by atoms with Crippen LogP contribution in [-0.4, -0.2) is 41.3 Å². The zero-order valence-corrected chi connectivity index (χ0v) is 11.4. The van der Waals surface area contributed by atoms with E-state index in [2.05, 4.69) is 0 Å². The van der Waals surface area contributed by atoms with E-state index in [1.807, 2.05) is 35.2 Å². The number of benzene rings is 1. The molecule has 2 aliphatic rings. The average Bonchev–Trinajstić information content (AvgIpc) is 2.74. The molecule has 2 saturated heterocycles. The minimum Gasteiger partial charge on any atom is -0.342 e. The first kappa shape index (κ1) is 12.0. The Hall–Kier alpha value is -1.01. The van der Waals surface area contributed by atoms with Crippen molar-refractivity contribution in [2.45, 2.75) is 17.8 Å². The maximum atomic E-state index is 11.6. The van der Waals surface area contributed by atoms with E-state index < -0.39 is 9.84 Å². The first-order valence-electron chi connectivity index (χ1n) is 5.81. The van der Waals surface area contributed by atoms with Gasteiger partial charge < -0.3 is 4.90 Å². The van der Waals surface area contributed by atoms with Crippen molar-refractivity contribution in [3.8, 4) is 0 Å². The summed E-state index contributed by atoms with van der Waals surface area (Å²) in [6.45, 7) is 0.628. The fraction of sp³-hybridized carbons (Fsp3) is 0.417. The second-order valence-electron chi connectivity index (χ2n) is 4.72. The lowest BCUT2D eigenvalue weighted by Gasteiger charge is -2.23. The standard InChI is InChI=1S/C12H14N2O2S2/c13-12-14(6-9-4-2-1-3-5-9)10-7-18(15,16)8-11(10)17-12/h1-5,10-11,13H,6-8H2. The Labute approximate surface area is 111 Å². The molecule has 2 atom stereocenters. The quantitative estimate of drug-likeness (QED) is 0.889. The molecule has 4 nitrogen and oxygen atoms in total. The number of hydrogen-bond acceptors (Lipinski definition) is 4. The normalized spacial score (nSPS) is 29.6. The first-order chi connectivity index (χ1) is 8.55. The van der Waals surface area contributed by atoms with Crippen molar-refractivity contribution in [1.82, 2.24) is 4.90 Å². The van der Waals surface area contributed by atoms with Gasteiger partial charge in [-0.25, -0.2) is 8.42 Å². The van der Waals surface area contributed by atoms with E-state index in [1.54, 1.807) is 0 Å². The van der Waals surface area contributed by atoms with Crippen LogP contribution in [0.15, 0.2) is 30.3 Å². The summed E-state index contributed by atoms with van der Waals surface area (Å²) >= 11 is 1.40. The van der Waals surface area contributed by atoms with Crippen LogP contribution < -0.4 is 0 Å². The van der Waals surface area contributed by atoms with E-state index in [1.165, 1.54) is 11.8 Å². The van der Waals surface area contributed by atoms with Crippen LogP contribution in [0.5, 0.6) is 0 Å². The zero-order chi connectivity index (χ0) is 12.8. The van der Waals surface area contributed by atoms with Crippen molar-refractivity contribution in [2.24, 2.45) is 0 Å². The number of nitrogens with one attached hydrogen (secondary N) is 1. The first-order valence-corrected chi connectivity index (χ1v) is 8.51. The lowest BCUT2D eigenvalue weighted by molar-refractivity contribution is 0.349. The molecule has 0 aromatic heterocycles. The molecule has 2 unspecified atom stereocenters. The topological polar surface area (TPSA) is 61.2 Å². The van der Waals surface area contributed by atoms with Crippen LogP contribution in [0.2, 0.25) is 0 Å². The van der Waals surface area contributed by atoms with Crippen LogP contribution >= 0.6 is 11.8 Å². The van der Waals surface area contributed by atoms with Gasteiger partial charge in [0, 0.05) is 11.8 Å². The number of rotatable bonds is 2. The fourth-order valence-corrected chi connectivity index (χ4v) is 6.36. The van der Waals surface area contributed by atoms with Gasteiger partial charge in [-0.1, -0.05) is 42.1 Å². The number of fused-ring (bicyclic) bond motifs is 1. The van der Waals surface area contributed by atoms with E-state index in [0.29, 0.717) is 11.7 Å². The highest BCUT2D eigenvalue weighted by molar-refractivity contribution is 8.15. The Morgan fingerprint density at radius 1 is 1.28 bits per heavy atom. The molecule has 0 bridgehead atoms. The molecule has 3 rings (SSSR count). The van der Waals surface area contributed by atoms with Crippen molar-refractivity contribution in [2.75, 3.05) is 11.5 Å². The third-order valence-corrected chi connectivity index (χ3v) is 6.56. The average molecular weight is 282 g/mol. The van der Waals surface area contributed by atoms with Crippen molar-refractivity contribution in [1.29, 1.82) is 5.41 Å². The highest BCUT2D eigenvalue weighted by atomic mass is 32.2. The van der Waals surface area contributed by atoms with Crippen molar-refractivity contribution >= 4 is 26.8 Å². The fourth-order valence-electron chi connectivity index (χ4n) is 2.53. The van der Waals surface area contributed by atoms with E-state index in [0.717, 1.165) is 5.56 Å². The van der Waals surface area contributed by atoms with Crippen molar-refractivity contribution < 1.29 is 8.42 Å². The number of amidine groups is 1. The molecule has 2 heterocycles. The number of nitrogens with zero attached hydrogens (tertiary/aromatic N) is 1. The molecule has 18 heavy (non-hydrogen) atoms. The highest BCUT2D eigenvalue weighted by Crippen LogP contribution is 2.38. The van der Waals surface area contributed by atoms with E-state index in [4.69, 9.17) is 5.41 Å². The van der Waals surface area contributed by atoms with Crippen LogP contribution in [0.25, 0.3) is 0 Å². The van der Waals surface area contributed by atoms with Crippen LogP contribution in [-0.2, 0) is 16.4 Å². The zero-order valence-electron chi connectivity index (χ0n) is 9.74. The third kappa shape index (κ3) is 2.14. The minimum absolute atomic E-state index is 0.0206. The number of hydrogen-bond donors (Lipinski definition) is 1. The molecule has 0 saturated carbocycles. The maximum absolute atomic E-state index is 11.6. The smallest absolute Gasteiger partial charge is 0.157 e. The van der Waals surface area contributed by atoms with Gasteiger partial charge in [0.05, 0.1) is 17.5 Å². The summed E-state index contributed by atoms with van der Waals surface area (Å²) in [7, 11) is -2.91. The lowest BCUT2D eigenvalue weighted by Crippen LogP contribution is -2.36. The minimum atomic E-state index is -2.91. The van der Waals surface area contributed by atoms with Gasteiger partial charge in [0.2, 0.25) is 0 Å². The Morgan fingerprint density at radius 3 is 2.72 bits per heavy atom. The molecule has 2 fully saturated rings. The summed E-state index contributed by atoms with van der Waals surface area (Å²) < 4.78 is 23.3. The van der Waals surface area contributed by atoms with Gasteiger partial charge in [0.1, 0.15) is 0 Å². The monoisotopic (exact) mass is 282 g/mol. The molecule has 6 heteroatoms. The van der Waals surface area contributed by atoms with Gasteiger partial charge in [0.25, 0.3) is 0 Å². The molecular weight excluding hydrogens is 268 g/mol. The molecule has 96 valence electrons. The van der Waals surface area contributed by atoms with Crippen LogP contribution in [0.3, 0.4) is 0 Å². The summed E-state index contributed by atoms with van der Waals surface area (Å²) in [5, 5.41) is 8.53. The molecule has 0 radical (unpaired) electrons. The van der Waals surface area contributed by atoms with Gasteiger partial charge in [-0.15, -0.1) is 0 Å². The van der Waals surface area contributed by atoms with Crippen LogP contribution in [0, 0.1) is 5.41 Å². The number of sulfone groups is 1. The predicted molar refractivity (Wildman–Crippen MR) is 73.5 cm³/mol. The summed E-state index contributed by atoms with van der Waals surface area (Å²) in [4.78, 5) is 1.93. The summed E-state index contributed by atoms with van der Waals surface area (Å²) in [5.74, 6) is 0.413. The molecule has 1 N–H and O–H groups in total. The molecule has 0 aliphatic carbocycles. The van der Waals surface area contributed by atoms with E-state index >= 15 is 0 Å². The molecule has 0 amide bonds. The molecule has 1 aromatic carbocycles. The van der Waals surface area contributed by atoms with Crippen molar-refractivity contribution in [3.63, 3.8) is 0 Å². The van der Waals surface area contributed by atoms with Crippen molar-refractivity contribution in [3.05, 3.63) is 35.9 Å². The van der Waals surface area contributed by atoms with E-state index in [-0.39, 0.29) is 22.8 Å². The second kappa shape index (κ2) is 4.28. The third-order valence-electron chi connectivity index (χ3n) is 3.39. The Bertz CT molecular complexity index is 571. The van der Waals surface area contributed by atoms with Gasteiger partial charge in [0.15, 0.2) is 15.0 Å². The van der Waals surface area contributed by atoms with Gasteiger partial charge in [-0.2, -0.15) is 0 Å². The van der Waals surface area contributed by atoms with Gasteiger partial charge in [-0.05, 0) is 5.56 Å². The summed E-state index contributed by atoms with van der Waals surface area (Å²) in [5.41, 5.74) is 1.12. The summed E-state index contributed by atoms with van der Waals surface area (Å²) in [6, 6.07) is 9.88. The molecular formula is C12H14N2O2S2. The number of thioether (sulfide) groups is 1. The molecule has 0 spiro atoms. The SMILES string of the molecule is N=C1SC2CS(=O)(=O)CC2N1Cc1ccccc1. The second-order valence-corrected chi connectivity index (χ2v) is 8.10. The Balaban J connectivity index is 1.82.